The van der Waals surface area contributed by atoms with Gasteiger partial charge >= 0.3 is 0 Å². The fourth-order valence-electron chi connectivity index (χ4n) is 2.38. The third-order valence-electron chi connectivity index (χ3n) is 3.39. The normalized spacial score (nSPS) is 16.1. The predicted molar refractivity (Wildman–Crippen MR) is 78.1 cm³/mol. The van der Waals surface area contributed by atoms with Gasteiger partial charge in [-0.2, -0.15) is 5.26 Å². The first-order valence-corrected chi connectivity index (χ1v) is 7.60. The molecule has 1 saturated heterocycles. The lowest BCUT2D eigenvalue weighted by Crippen LogP contribution is -2.36. The van der Waals surface area contributed by atoms with Crippen LogP contribution in [-0.2, 0) is 9.53 Å². The summed E-state index contributed by atoms with van der Waals surface area (Å²) in [4.78, 5) is 13.9. The zero-order valence-corrected chi connectivity index (χ0v) is 12.7. The first-order valence-electron chi connectivity index (χ1n) is 7.60. The Morgan fingerprint density at radius 2 is 2.15 bits per heavy atom. The number of nitrogens with zero attached hydrogens (tertiary/aromatic N) is 2. The first-order chi connectivity index (χ1) is 9.63. The van der Waals surface area contributed by atoms with Gasteiger partial charge in [-0.15, -0.1) is 0 Å². The SMILES string of the molecule is CC(C)CN(CCC#N)C(=O)CCOC1CCNCC1. The smallest absolute Gasteiger partial charge is 0.224 e. The van der Waals surface area contributed by atoms with Gasteiger partial charge in [0.1, 0.15) is 0 Å². The highest BCUT2D eigenvalue weighted by atomic mass is 16.5. The number of hydrogen-bond donors (Lipinski definition) is 1. The fourth-order valence-corrected chi connectivity index (χ4v) is 2.38. The molecular formula is C15H27N3O2. The average Bonchev–Trinajstić information content (AvgIpc) is 2.44. The Morgan fingerprint density at radius 3 is 2.75 bits per heavy atom. The fraction of sp³-hybridized carbons (Fsp3) is 0.867. The standard InChI is InChI=1S/C15H27N3O2/c1-13(2)12-18(10-3-7-16)15(19)6-11-20-14-4-8-17-9-5-14/h13-14,17H,3-6,8-12H2,1-2H3. The molecule has 0 spiro atoms. The van der Waals surface area contributed by atoms with E-state index in [9.17, 15) is 4.79 Å². The summed E-state index contributed by atoms with van der Waals surface area (Å²) < 4.78 is 5.76. The second-order valence-electron chi connectivity index (χ2n) is 5.71. The number of hydrogen-bond acceptors (Lipinski definition) is 4. The van der Waals surface area contributed by atoms with Crippen LogP contribution in [0.5, 0.6) is 0 Å². The van der Waals surface area contributed by atoms with Crippen molar-refractivity contribution >= 4 is 5.91 Å². The lowest BCUT2D eigenvalue weighted by atomic mass is 10.1. The molecule has 20 heavy (non-hydrogen) atoms. The molecule has 0 aromatic heterocycles. The van der Waals surface area contributed by atoms with Gasteiger partial charge in [0.15, 0.2) is 0 Å². The number of nitriles is 1. The van der Waals surface area contributed by atoms with Crippen LogP contribution in [0.15, 0.2) is 0 Å². The third-order valence-corrected chi connectivity index (χ3v) is 3.39. The van der Waals surface area contributed by atoms with Crippen molar-refractivity contribution in [1.29, 1.82) is 5.26 Å². The lowest BCUT2D eigenvalue weighted by molar-refractivity contribution is -0.133. The summed E-state index contributed by atoms with van der Waals surface area (Å²) in [5.74, 6) is 0.519. The maximum Gasteiger partial charge on any atom is 0.224 e. The number of rotatable bonds is 8. The Balaban J connectivity index is 2.27. The van der Waals surface area contributed by atoms with Gasteiger partial charge in [-0.1, -0.05) is 13.8 Å². The summed E-state index contributed by atoms with van der Waals surface area (Å²) in [6, 6.07) is 2.10. The second kappa shape index (κ2) is 9.73. The van der Waals surface area contributed by atoms with Gasteiger partial charge in [0.05, 0.1) is 31.6 Å². The van der Waals surface area contributed by atoms with E-state index in [0.717, 1.165) is 25.9 Å². The summed E-state index contributed by atoms with van der Waals surface area (Å²) in [5, 5.41) is 11.9. The van der Waals surface area contributed by atoms with E-state index in [1.807, 2.05) is 0 Å². The topological polar surface area (TPSA) is 65.4 Å². The Labute approximate surface area is 122 Å². The molecule has 1 rings (SSSR count). The van der Waals surface area contributed by atoms with E-state index >= 15 is 0 Å². The summed E-state index contributed by atoms with van der Waals surface area (Å²) >= 11 is 0. The lowest BCUT2D eigenvalue weighted by Gasteiger charge is -2.25. The zero-order chi connectivity index (χ0) is 14.8. The molecule has 5 heteroatoms. The van der Waals surface area contributed by atoms with Crippen LogP contribution in [0.1, 0.15) is 39.5 Å². The van der Waals surface area contributed by atoms with E-state index in [1.54, 1.807) is 4.90 Å². The van der Waals surface area contributed by atoms with E-state index < -0.39 is 0 Å². The van der Waals surface area contributed by atoms with Crippen molar-refractivity contribution in [2.45, 2.75) is 45.6 Å². The molecule has 114 valence electrons. The van der Waals surface area contributed by atoms with Crippen molar-refractivity contribution in [3.05, 3.63) is 0 Å². The molecule has 5 nitrogen and oxygen atoms in total. The van der Waals surface area contributed by atoms with Crippen LogP contribution in [0.3, 0.4) is 0 Å². The third kappa shape index (κ3) is 6.88. The molecule has 0 unspecified atom stereocenters. The summed E-state index contributed by atoms with van der Waals surface area (Å²) in [6.07, 6.45) is 3.16. The molecule has 1 aliphatic heterocycles. The molecule has 0 atom stereocenters. The van der Waals surface area contributed by atoms with Gasteiger partial charge in [0, 0.05) is 13.1 Å². The summed E-state index contributed by atoms with van der Waals surface area (Å²) in [5.41, 5.74) is 0. The highest BCUT2D eigenvalue weighted by molar-refractivity contribution is 5.76. The van der Waals surface area contributed by atoms with E-state index in [0.29, 0.717) is 44.6 Å². The molecule has 1 aliphatic rings. The summed E-state index contributed by atoms with van der Waals surface area (Å²) in [6.45, 7) is 7.90. The van der Waals surface area contributed by atoms with E-state index in [-0.39, 0.29) is 5.91 Å². The quantitative estimate of drug-likeness (QED) is 0.733. The Bertz CT molecular complexity index is 320. The monoisotopic (exact) mass is 281 g/mol. The van der Waals surface area contributed by atoms with Gasteiger partial charge in [-0.25, -0.2) is 0 Å². The average molecular weight is 281 g/mol. The minimum Gasteiger partial charge on any atom is -0.378 e. The van der Waals surface area contributed by atoms with E-state index in [1.165, 1.54) is 0 Å². The number of amides is 1. The van der Waals surface area contributed by atoms with Crippen LogP contribution < -0.4 is 5.32 Å². The molecule has 1 N–H and O–H groups in total. The van der Waals surface area contributed by atoms with Crippen LogP contribution in [0.2, 0.25) is 0 Å². The number of carbonyl (C=O) groups excluding carboxylic acids is 1. The molecule has 0 aliphatic carbocycles. The van der Waals surface area contributed by atoms with Crippen molar-refractivity contribution in [2.24, 2.45) is 5.92 Å². The van der Waals surface area contributed by atoms with Crippen LogP contribution in [0.25, 0.3) is 0 Å². The van der Waals surface area contributed by atoms with Crippen molar-refractivity contribution in [1.82, 2.24) is 10.2 Å². The number of nitrogens with one attached hydrogen (secondary N) is 1. The molecule has 0 aromatic carbocycles. The highest BCUT2D eigenvalue weighted by Gasteiger charge is 2.17. The number of piperidine rings is 1. The maximum atomic E-state index is 12.2. The highest BCUT2D eigenvalue weighted by Crippen LogP contribution is 2.09. The van der Waals surface area contributed by atoms with Crippen LogP contribution >= 0.6 is 0 Å². The molecule has 0 bridgehead atoms. The second-order valence-corrected chi connectivity index (χ2v) is 5.71. The maximum absolute atomic E-state index is 12.2. The van der Waals surface area contributed by atoms with Crippen molar-refractivity contribution in [3.63, 3.8) is 0 Å². The molecule has 1 fully saturated rings. The van der Waals surface area contributed by atoms with Crippen molar-refractivity contribution in [2.75, 3.05) is 32.8 Å². The largest absolute Gasteiger partial charge is 0.378 e. The first kappa shape index (κ1) is 16.9. The molecule has 1 heterocycles. The van der Waals surface area contributed by atoms with Gasteiger partial charge in [0.25, 0.3) is 0 Å². The van der Waals surface area contributed by atoms with Crippen LogP contribution in [0, 0.1) is 17.2 Å². The van der Waals surface area contributed by atoms with E-state index in [4.69, 9.17) is 10.00 Å². The predicted octanol–water partition coefficient (Wildman–Crippen LogP) is 1.54. The summed E-state index contributed by atoms with van der Waals surface area (Å²) in [7, 11) is 0. The van der Waals surface area contributed by atoms with Crippen LogP contribution in [0.4, 0.5) is 0 Å². The Hall–Kier alpha value is -1.12. The molecule has 1 amide bonds. The van der Waals surface area contributed by atoms with Crippen LogP contribution in [-0.4, -0.2) is 49.7 Å². The molecule has 0 saturated carbocycles. The zero-order valence-electron chi connectivity index (χ0n) is 12.7. The van der Waals surface area contributed by atoms with Gasteiger partial charge in [-0.05, 0) is 31.8 Å². The Kier molecular flexibility index (Phi) is 8.24. The molecule has 0 aromatic rings. The van der Waals surface area contributed by atoms with Crippen molar-refractivity contribution in [3.8, 4) is 6.07 Å². The van der Waals surface area contributed by atoms with Gasteiger partial charge in [-0.3, -0.25) is 4.79 Å². The van der Waals surface area contributed by atoms with E-state index in [2.05, 4.69) is 25.2 Å². The minimum absolute atomic E-state index is 0.0999. The van der Waals surface area contributed by atoms with Gasteiger partial charge < -0.3 is 15.0 Å². The molecular weight excluding hydrogens is 254 g/mol. The minimum atomic E-state index is 0.0999. The van der Waals surface area contributed by atoms with Crippen molar-refractivity contribution < 1.29 is 9.53 Å². The Morgan fingerprint density at radius 1 is 1.45 bits per heavy atom. The molecule has 0 radical (unpaired) electrons. The van der Waals surface area contributed by atoms with Gasteiger partial charge in [0.2, 0.25) is 5.91 Å². The number of carbonyl (C=O) groups is 1. The number of ether oxygens (including phenoxy) is 1.